The third-order valence-corrected chi connectivity index (χ3v) is 3.82. The zero-order valence-corrected chi connectivity index (χ0v) is 11.9. The number of carbonyl (C=O) groups is 1. The minimum Gasteiger partial charge on any atom is -0.465 e. The van der Waals surface area contributed by atoms with Crippen LogP contribution in [-0.4, -0.2) is 37.6 Å². The molecule has 3 nitrogen and oxygen atoms in total. The first-order chi connectivity index (χ1) is 7.61. The molecule has 1 heterocycles. The summed E-state index contributed by atoms with van der Waals surface area (Å²) in [6.45, 7) is 3.50. The van der Waals surface area contributed by atoms with Gasteiger partial charge >= 0.3 is 5.97 Å². The van der Waals surface area contributed by atoms with E-state index in [4.69, 9.17) is 4.74 Å². The Morgan fingerprint density at radius 2 is 2.38 bits per heavy atom. The first kappa shape index (κ1) is 13.7. The Bertz CT molecular complexity index is 340. The maximum absolute atomic E-state index is 11.2. The summed E-state index contributed by atoms with van der Waals surface area (Å²) < 4.78 is 6.01. The van der Waals surface area contributed by atoms with Crippen LogP contribution in [0.4, 0.5) is 0 Å². The predicted molar refractivity (Wildman–Crippen MR) is 69.9 cm³/mol. The lowest BCUT2D eigenvalue weighted by atomic mass is 10.3. The third kappa shape index (κ3) is 5.09. The van der Waals surface area contributed by atoms with Gasteiger partial charge in [-0.15, -0.1) is 11.3 Å². The van der Waals surface area contributed by atoms with Crippen LogP contribution in [0, 0.1) is 0 Å². The van der Waals surface area contributed by atoms with Gasteiger partial charge in [0.15, 0.2) is 0 Å². The molecule has 5 heteroatoms. The molecule has 0 unspecified atom stereocenters. The maximum atomic E-state index is 11.2. The molecule has 0 aromatic carbocycles. The highest BCUT2D eigenvalue weighted by Crippen LogP contribution is 2.20. The summed E-state index contributed by atoms with van der Waals surface area (Å²) in [5, 5.41) is 2.07. The summed E-state index contributed by atoms with van der Waals surface area (Å²) in [5.41, 5.74) is 0. The van der Waals surface area contributed by atoms with Crippen LogP contribution in [0.15, 0.2) is 15.9 Å². The lowest BCUT2D eigenvalue weighted by molar-refractivity contribution is -0.144. The average Bonchev–Trinajstić information content (AvgIpc) is 2.61. The molecule has 0 amide bonds. The standard InChI is InChI=1S/C11H16BrNO2S/c1-3-15-11(14)7-13(2)5-4-10-6-9(12)8-16-10/h6,8H,3-5,7H2,1-2H3. The zero-order valence-electron chi connectivity index (χ0n) is 9.53. The molecule has 16 heavy (non-hydrogen) atoms. The van der Waals surface area contributed by atoms with Crippen molar-refractivity contribution in [2.75, 3.05) is 26.7 Å². The molecule has 0 bridgehead atoms. The number of nitrogens with zero attached hydrogens (tertiary/aromatic N) is 1. The minimum absolute atomic E-state index is 0.155. The van der Waals surface area contributed by atoms with Gasteiger partial charge in [0, 0.05) is 21.3 Å². The molecule has 0 fully saturated rings. The molecule has 0 atom stereocenters. The quantitative estimate of drug-likeness (QED) is 0.757. The summed E-state index contributed by atoms with van der Waals surface area (Å²) in [6.07, 6.45) is 0.964. The van der Waals surface area contributed by atoms with Crippen molar-refractivity contribution in [3.05, 3.63) is 20.8 Å². The number of ether oxygens (including phenoxy) is 1. The van der Waals surface area contributed by atoms with Gasteiger partial charge in [-0.1, -0.05) is 0 Å². The normalized spacial score (nSPS) is 10.8. The van der Waals surface area contributed by atoms with Gasteiger partial charge in [0.2, 0.25) is 0 Å². The van der Waals surface area contributed by atoms with E-state index in [1.807, 2.05) is 18.9 Å². The minimum atomic E-state index is -0.155. The van der Waals surface area contributed by atoms with Crippen molar-refractivity contribution in [2.24, 2.45) is 0 Å². The van der Waals surface area contributed by atoms with Crippen molar-refractivity contribution < 1.29 is 9.53 Å². The van der Waals surface area contributed by atoms with Crippen LogP contribution in [0.1, 0.15) is 11.8 Å². The second kappa shape index (κ2) is 7.04. The summed E-state index contributed by atoms with van der Waals surface area (Å²) in [4.78, 5) is 14.5. The fourth-order valence-electron chi connectivity index (χ4n) is 1.29. The molecule has 90 valence electrons. The highest BCUT2D eigenvalue weighted by Gasteiger charge is 2.07. The van der Waals surface area contributed by atoms with Crippen LogP contribution in [0.25, 0.3) is 0 Å². The number of carbonyl (C=O) groups excluding carboxylic acids is 1. The first-order valence-electron chi connectivity index (χ1n) is 5.19. The van der Waals surface area contributed by atoms with Gasteiger partial charge < -0.3 is 4.74 Å². The Morgan fingerprint density at radius 3 is 2.94 bits per heavy atom. The van der Waals surface area contributed by atoms with Crippen LogP contribution in [0.3, 0.4) is 0 Å². The zero-order chi connectivity index (χ0) is 12.0. The van der Waals surface area contributed by atoms with E-state index in [0.29, 0.717) is 13.2 Å². The number of thiophene rings is 1. The Kier molecular flexibility index (Phi) is 6.01. The van der Waals surface area contributed by atoms with E-state index in [0.717, 1.165) is 17.4 Å². The van der Waals surface area contributed by atoms with E-state index in [2.05, 4.69) is 27.4 Å². The lowest BCUT2D eigenvalue weighted by Crippen LogP contribution is -2.29. The number of rotatable bonds is 6. The summed E-state index contributed by atoms with van der Waals surface area (Å²) in [6, 6.07) is 2.11. The largest absolute Gasteiger partial charge is 0.465 e. The van der Waals surface area contributed by atoms with E-state index in [-0.39, 0.29) is 5.97 Å². The molecule has 1 aromatic rings. The molecule has 0 saturated heterocycles. The molecule has 1 aromatic heterocycles. The van der Waals surface area contributed by atoms with Crippen molar-refractivity contribution in [2.45, 2.75) is 13.3 Å². The van der Waals surface area contributed by atoms with Crippen molar-refractivity contribution in [3.63, 3.8) is 0 Å². The summed E-state index contributed by atoms with van der Waals surface area (Å²) in [7, 11) is 1.93. The Balaban J connectivity index is 2.24. The van der Waals surface area contributed by atoms with Gasteiger partial charge in [0.05, 0.1) is 13.2 Å². The fourth-order valence-corrected chi connectivity index (χ4v) is 2.74. The highest BCUT2D eigenvalue weighted by atomic mass is 79.9. The highest BCUT2D eigenvalue weighted by molar-refractivity contribution is 9.10. The lowest BCUT2D eigenvalue weighted by Gasteiger charge is -2.14. The van der Waals surface area contributed by atoms with Crippen molar-refractivity contribution in [3.8, 4) is 0 Å². The van der Waals surface area contributed by atoms with Gasteiger partial charge in [0.1, 0.15) is 0 Å². The number of esters is 1. The maximum Gasteiger partial charge on any atom is 0.320 e. The molecule has 0 aliphatic rings. The smallest absolute Gasteiger partial charge is 0.320 e. The monoisotopic (exact) mass is 305 g/mol. The Hall–Kier alpha value is -0.390. The van der Waals surface area contributed by atoms with Gasteiger partial charge in [0.25, 0.3) is 0 Å². The molecule has 0 aliphatic carbocycles. The molecule has 0 spiro atoms. The van der Waals surface area contributed by atoms with Crippen molar-refractivity contribution in [1.29, 1.82) is 0 Å². The summed E-state index contributed by atoms with van der Waals surface area (Å²) in [5.74, 6) is -0.155. The molecule has 0 aliphatic heterocycles. The van der Waals surface area contributed by atoms with E-state index in [1.165, 1.54) is 4.88 Å². The van der Waals surface area contributed by atoms with Gasteiger partial charge in [-0.3, -0.25) is 9.69 Å². The molecule has 0 saturated carbocycles. The summed E-state index contributed by atoms with van der Waals surface area (Å²) >= 11 is 5.15. The second-order valence-electron chi connectivity index (χ2n) is 3.52. The molecular formula is C11H16BrNO2S. The van der Waals surface area contributed by atoms with Crippen LogP contribution in [0.2, 0.25) is 0 Å². The molecular weight excluding hydrogens is 290 g/mol. The Morgan fingerprint density at radius 1 is 1.62 bits per heavy atom. The topological polar surface area (TPSA) is 29.5 Å². The van der Waals surface area contributed by atoms with E-state index < -0.39 is 0 Å². The molecule has 0 N–H and O–H groups in total. The van der Waals surface area contributed by atoms with Crippen LogP contribution in [-0.2, 0) is 16.0 Å². The number of hydrogen-bond donors (Lipinski definition) is 0. The van der Waals surface area contributed by atoms with E-state index in [1.54, 1.807) is 11.3 Å². The molecule has 0 radical (unpaired) electrons. The van der Waals surface area contributed by atoms with Crippen LogP contribution < -0.4 is 0 Å². The third-order valence-electron chi connectivity index (χ3n) is 2.07. The first-order valence-corrected chi connectivity index (χ1v) is 6.86. The predicted octanol–water partition coefficient (Wildman–Crippen LogP) is 2.55. The van der Waals surface area contributed by atoms with Crippen LogP contribution in [0.5, 0.6) is 0 Å². The van der Waals surface area contributed by atoms with E-state index in [9.17, 15) is 4.79 Å². The number of hydrogen-bond acceptors (Lipinski definition) is 4. The second-order valence-corrected chi connectivity index (χ2v) is 5.44. The average molecular weight is 306 g/mol. The van der Waals surface area contributed by atoms with Gasteiger partial charge in [-0.25, -0.2) is 0 Å². The Labute approximate surface area is 109 Å². The number of likely N-dealkylation sites (N-methyl/N-ethyl adjacent to an activating group) is 1. The number of halogens is 1. The fraction of sp³-hybridized carbons (Fsp3) is 0.545. The van der Waals surface area contributed by atoms with Crippen molar-refractivity contribution >= 4 is 33.2 Å². The van der Waals surface area contributed by atoms with Crippen LogP contribution >= 0.6 is 27.3 Å². The van der Waals surface area contributed by atoms with E-state index >= 15 is 0 Å². The SMILES string of the molecule is CCOC(=O)CN(C)CCc1cc(Br)cs1. The van der Waals surface area contributed by atoms with Crippen molar-refractivity contribution in [1.82, 2.24) is 4.90 Å². The molecule has 1 rings (SSSR count). The van der Waals surface area contributed by atoms with Gasteiger partial charge in [-0.2, -0.15) is 0 Å². The van der Waals surface area contributed by atoms with Gasteiger partial charge in [-0.05, 0) is 42.4 Å².